The molecule has 0 aromatic rings. The fourth-order valence-corrected chi connectivity index (χ4v) is 2.17. The molecule has 3 nitrogen and oxygen atoms in total. The standard InChI is InChI=1S/C11H21NO2/c1-11(2,10(13)14-3)8-9-4-6-12-7-5-9/h9,12H,4-8H2,1-3H3. The maximum absolute atomic E-state index is 11.5. The molecule has 1 rings (SSSR count). The van der Waals surface area contributed by atoms with Gasteiger partial charge < -0.3 is 10.1 Å². The maximum atomic E-state index is 11.5. The molecule has 0 aliphatic carbocycles. The Morgan fingerprint density at radius 3 is 2.50 bits per heavy atom. The van der Waals surface area contributed by atoms with Crippen LogP contribution >= 0.6 is 0 Å². The summed E-state index contributed by atoms with van der Waals surface area (Å²) in [5, 5.41) is 3.33. The second kappa shape index (κ2) is 4.78. The molecule has 0 radical (unpaired) electrons. The van der Waals surface area contributed by atoms with E-state index in [0.29, 0.717) is 5.92 Å². The Labute approximate surface area is 86.2 Å². The highest BCUT2D eigenvalue weighted by atomic mass is 16.5. The van der Waals surface area contributed by atoms with Crippen molar-refractivity contribution in [3.05, 3.63) is 0 Å². The Morgan fingerprint density at radius 2 is 2.00 bits per heavy atom. The van der Waals surface area contributed by atoms with Crippen LogP contribution < -0.4 is 5.32 Å². The van der Waals surface area contributed by atoms with E-state index in [1.807, 2.05) is 13.8 Å². The largest absolute Gasteiger partial charge is 0.469 e. The third-order valence-electron chi connectivity index (χ3n) is 3.00. The number of esters is 1. The Kier molecular flexibility index (Phi) is 3.93. The highest BCUT2D eigenvalue weighted by molar-refractivity contribution is 5.75. The molecule has 82 valence electrons. The topological polar surface area (TPSA) is 38.3 Å². The van der Waals surface area contributed by atoms with Crippen LogP contribution in [0.25, 0.3) is 0 Å². The number of carbonyl (C=O) groups is 1. The van der Waals surface area contributed by atoms with E-state index in [9.17, 15) is 4.79 Å². The summed E-state index contributed by atoms with van der Waals surface area (Å²) in [6.07, 6.45) is 3.31. The van der Waals surface area contributed by atoms with E-state index in [-0.39, 0.29) is 11.4 Å². The summed E-state index contributed by atoms with van der Waals surface area (Å²) >= 11 is 0. The van der Waals surface area contributed by atoms with Crippen molar-refractivity contribution in [3.8, 4) is 0 Å². The third kappa shape index (κ3) is 2.98. The Balaban J connectivity index is 2.44. The van der Waals surface area contributed by atoms with Gasteiger partial charge in [0.05, 0.1) is 12.5 Å². The second-order valence-corrected chi connectivity index (χ2v) is 4.77. The molecule has 1 aliphatic rings. The van der Waals surface area contributed by atoms with E-state index < -0.39 is 0 Å². The molecule has 14 heavy (non-hydrogen) atoms. The van der Waals surface area contributed by atoms with E-state index in [1.54, 1.807) is 0 Å². The van der Waals surface area contributed by atoms with Crippen molar-refractivity contribution in [2.75, 3.05) is 20.2 Å². The molecule has 0 saturated carbocycles. The Morgan fingerprint density at radius 1 is 1.43 bits per heavy atom. The summed E-state index contributed by atoms with van der Waals surface area (Å²) in [7, 11) is 1.46. The number of nitrogens with one attached hydrogen (secondary N) is 1. The van der Waals surface area contributed by atoms with Crippen molar-refractivity contribution in [1.29, 1.82) is 0 Å². The SMILES string of the molecule is COC(=O)C(C)(C)CC1CCNCC1. The lowest BCUT2D eigenvalue weighted by Gasteiger charge is -2.30. The highest BCUT2D eigenvalue weighted by Gasteiger charge is 2.32. The summed E-state index contributed by atoms with van der Waals surface area (Å²) in [5.41, 5.74) is -0.323. The van der Waals surface area contributed by atoms with E-state index >= 15 is 0 Å². The van der Waals surface area contributed by atoms with Crippen LogP contribution in [0.15, 0.2) is 0 Å². The van der Waals surface area contributed by atoms with Crippen molar-refractivity contribution < 1.29 is 9.53 Å². The van der Waals surface area contributed by atoms with Crippen LogP contribution in [0.3, 0.4) is 0 Å². The fraction of sp³-hybridized carbons (Fsp3) is 0.909. The molecule has 0 aromatic heterocycles. The number of rotatable bonds is 3. The summed E-state index contributed by atoms with van der Waals surface area (Å²) < 4.78 is 4.80. The van der Waals surface area contributed by atoms with Gasteiger partial charge in [-0.15, -0.1) is 0 Å². The molecule has 0 unspecified atom stereocenters. The first-order valence-electron chi connectivity index (χ1n) is 5.35. The van der Waals surface area contributed by atoms with Gasteiger partial charge in [0.1, 0.15) is 0 Å². The average Bonchev–Trinajstić information content (AvgIpc) is 2.17. The zero-order chi connectivity index (χ0) is 10.6. The van der Waals surface area contributed by atoms with Crippen LogP contribution in [-0.2, 0) is 9.53 Å². The van der Waals surface area contributed by atoms with Crippen molar-refractivity contribution in [3.63, 3.8) is 0 Å². The summed E-state index contributed by atoms with van der Waals surface area (Å²) in [4.78, 5) is 11.5. The summed E-state index contributed by atoms with van der Waals surface area (Å²) in [6, 6.07) is 0. The molecule has 1 N–H and O–H groups in total. The second-order valence-electron chi connectivity index (χ2n) is 4.77. The molecular formula is C11H21NO2. The predicted molar refractivity (Wildman–Crippen MR) is 56.0 cm³/mol. The zero-order valence-electron chi connectivity index (χ0n) is 9.43. The smallest absolute Gasteiger partial charge is 0.311 e. The monoisotopic (exact) mass is 199 g/mol. The Bertz CT molecular complexity index is 195. The van der Waals surface area contributed by atoms with Gasteiger partial charge in [0, 0.05) is 0 Å². The van der Waals surface area contributed by atoms with Gasteiger partial charge in [-0.3, -0.25) is 4.79 Å². The number of piperidine rings is 1. The fourth-order valence-electron chi connectivity index (χ4n) is 2.17. The quantitative estimate of drug-likeness (QED) is 0.701. The lowest BCUT2D eigenvalue weighted by molar-refractivity contribution is -0.151. The third-order valence-corrected chi connectivity index (χ3v) is 3.00. The molecule has 0 amide bonds. The molecule has 0 spiro atoms. The minimum absolute atomic E-state index is 0.0870. The number of methoxy groups -OCH3 is 1. The zero-order valence-corrected chi connectivity index (χ0v) is 9.43. The first kappa shape index (κ1) is 11.5. The predicted octanol–water partition coefficient (Wildman–Crippen LogP) is 1.58. The van der Waals surface area contributed by atoms with Crippen LogP contribution in [0.4, 0.5) is 0 Å². The minimum Gasteiger partial charge on any atom is -0.469 e. The van der Waals surface area contributed by atoms with Crippen molar-refractivity contribution in [1.82, 2.24) is 5.32 Å². The minimum atomic E-state index is -0.323. The maximum Gasteiger partial charge on any atom is 0.311 e. The average molecular weight is 199 g/mol. The lowest BCUT2D eigenvalue weighted by Crippen LogP contribution is -2.33. The Hall–Kier alpha value is -0.570. The van der Waals surface area contributed by atoms with Crippen LogP contribution in [0.5, 0.6) is 0 Å². The first-order chi connectivity index (χ1) is 6.56. The van der Waals surface area contributed by atoms with Crippen molar-refractivity contribution in [2.45, 2.75) is 33.1 Å². The number of hydrogen-bond donors (Lipinski definition) is 1. The van der Waals surface area contributed by atoms with Gasteiger partial charge in [-0.2, -0.15) is 0 Å². The van der Waals surface area contributed by atoms with Gasteiger partial charge in [-0.05, 0) is 52.1 Å². The summed E-state index contributed by atoms with van der Waals surface area (Å²) in [6.45, 7) is 6.12. The highest BCUT2D eigenvalue weighted by Crippen LogP contribution is 2.30. The van der Waals surface area contributed by atoms with Gasteiger partial charge in [-0.1, -0.05) is 0 Å². The molecule has 0 aromatic carbocycles. The molecule has 1 aliphatic heterocycles. The summed E-state index contributed by atoms with van der Waals surface area (Å²) in [5.74, 6) is 0.585. The molecule has 1 fully saturated rings. The van der Waals surface area contributed by atoms with Gasteiger partial charge in [-0.25, -0.2) is 0 Å². The molecule has 0 atom stereocenters. The van der Waals surface area contributed by atoms with E-state index in [1.165, 1.54) is 20.0 Å². The van der Waals surface area contributed by atoms with E-state index in [4.69, 9.17) is 4.74 Å². The van der Waals surface area contributed by atoms with Crippen molar-refractivity contribution >= 4 is 5.97 Å². The van der Waals surface area contributed by atoms with Crippen LogP contribution in [-0.4, -0.2) is 26.2 Å². The van der Waals surface area contributed by atoms with Crippen LogP contribution in [0, 0.1) is 11.3 Å². The number of ether oxygens (including phenoxy) is 1. The van der Waals surface area contributed by atoms with E-state index in [0.717, 1.165) is 19.5 Å². The van der Waals surface area contributed by atoms with Gasteiger partial charge in [0.15, 0.2) is 0 Å². The van der Waals surface area contributed by atoms with Gasteiger partial charge in [0.2, 0.25) is 0 Å². The molecule has 1 saturated heterocycles. The van der Waals surface area contributed by atoms with Gasteiger partial charge in [0.25, 0.3) is 0 Å². The normalized spacial score (nSPS) is 19.4. The number of hydrogen-bond acceptors (Lipinski definition) is 3. The molecule has 1 heterocycles. The molecule has 0 bridgehead atoms. The van der Waals surface area contributed by atoms with Crippen molar-refractivity contribution in [2.24, 2.45) is 11.3 Å². The molecular weight excluding hydrogens is 178 g/mol. The number of carbonyl (C=O) groups excluding carboxylic acids is 1. The first-order valence-corrected chi connectivity index (χ1v) is 5.35. The lowest BCUT2D eigenvalue weighted by atomic mass is 9.79. The van der Waals surface area contributed by atoms with Crippen LogP contribution in [0.2, 0.25) is 0 Å². The van der Waals surface area contributed by atoms with E-state index in [2.05, 4.69) is 5.32 Å². The van der Waals surface area contributed by atoms with Crippen LogP contribution in [0.1, 0.15) is 33.1 Å². The molecule has 3 heteroatoms. The van der Waals surface area contributed by atoms with Gasteiger partial charge >= 0.3 is 5.97 Å².